The Hall–Kier alpha value is -3.39. The highest BCUT2D eigenvalue weighted by Gasteiger charge is 2.54. The molecule has 3 N–H and O–H groups in total. The fourth-order valence-electron chi connectivity index (χ4n) is 4.18. The smallest absolute Gasteiger partial charge is 0.408 e. The van der Waals surface area contributed by atoms with Crippen LogP contribution in [0.15, 0.2) is 48.5 Å². The van der Waals surface area contributed by atoms with Gasteiger partial charge < -0.3 is 25.2 Å². The molecule has 0 aliphatic heterocycles. The molecule has 0 spiro atoms. The van der Waals surface area contributed by atoms with E-state index in [4.69, 9.17) is 9.47 Å². The van der Waals surface area contributed by atoms with Gasteiger partial charge in [-0.1, -0.05) is 48.5 Å². The second-order valence-electron chi connectivity index (χ2n) is 8.56. The van der Waals surface area contributed by atoms with Gasteiger partial charge in [0.1, 0.15) is 17.7 Å². The van der Waals surface area contributed by atoms with E-state index in [1.807, 2.05) is 48.5 Å². The van der Waals surface area contributed by atoms with Gasteiger partial charge in [-0.05, 0) is 42.0 Å². The molecule has 4 rings (SSSR count). The highest BCUT2D eigenvalue weighted by Crippen LogP contribution is 2.44. The van der Waals surface area contributed by atoms with Crippen molar-refractivity contribution in [3.63, 3.8) is 0 Å². The number of amides is 2. The number of carboxylic acids is 1. The third-order valence-electron chi connectivity index (χ3n) is 6.17. The van der Waals surface area contributed by atoms with Crippen LogP contribution >= 0.6 is 0 Å². The van der Waals surface area contributed by atoms with Gasteiger partial charge in [0, 0.05) is 13.0 Å². The molecule has 2 aromatic rings. The van der Waals surface area contributed by atoms with Gasteiger partial charge in [0.15, 0.2) is 0 Å². The predicted octanol–water partition coefficient (Wildman–Crippen LogP) is 2.66. The number of carboxylic acid groups (broad SMARTS) is 1. The zero-order chi connectivity index (χ0) is 22.9. The molecule has 1 fully saturated rings. The standard InChI is InChI=1S/C24H26N2O6/c1-23(14-31-2,20(27)25-24(11-12-24)21(28)29)26-22(30)32-13-19-17-9-5-3-7-15(17)16-8-4-6-10-18(16)19/h3-10,19H,11-14H2,1-2H3,(H,25,27)(H,26,30)(H,28,29). The second kappa shape index (κ2) is 8.27. The monoisotopic (exact) mass is 438 g/mol. The van der Waals surface area contributed by atoms with E-state index in [0.29, 0.717) is 12.8 Å². The number of carbonyl (C=O) groups excluding carboxylic acids is 2. The van der Waals surface area contributed by atoms with Crippen molar-refractivity contribution in [2.24, 2.45) is 0 Å². The molecule has 0 bridgehead atoms. The van der Waals surface area contributed by atoms with Crippen molar-refractivity contribution in [3.8, 4) is 11.1 Å². The summed E-state index contributed by atoms with van der Waals surface area (Å²) < 4.78 is 10.6. The van der Waals surface area contributed by atoms with E-state index >= 15 is 0 Å². The van der Waals surface area contributed by atoms with E-state index in [2.05, 4.69) is 10.6 Å². The lowest BCUT2D eigenvalue weighted by Gasteiger charge is -2.30. The molecule has 32 heavy (non-hydrogen) atoms. The summed E-state index contributed by atoms with van der Waals surface area (Å²) in [5.74, 6) is -1.84. The number of ether oxygens (including phenoxy) is 2. The minimum Gasteiger partial charge on any atom is -0.480 e. The maximum Gasteiger partial charge on any atom is 0.408 e. The Bertz CT molecular complexity index is 1020. The molecule has 8 heteroatoms. The average Bonchev–Trinajstić information content (AvgIpc) is 3.49. The first-order chi connectivity index (χ1) is 15.3. The third-order valence-corrected chi connectivity index (χ3v) is 6.17. The van der Waals surface area contributed by atoms with Gasteiger partial charge in [-0.25, -0.2) is 9.59 Å². The van der Waals surface area contributed by atoms with Crippen molar-refractivity contribution in [2.45, 2.75) is 36.8 Å². The lowest BCUT2D eigenvalue weighted by Crippen LogP contribution is -2.62. The van der Waals surface area contributed by atoms with E-state index in [9.17, 15) is 19.5 Å². The molecule has 2 aliphatic rings. The summed E-state index contributed by atoms with van der Waals surface area (Å²) in [6, 6.07) is 16.0. The van der Waals surface area contributed by atoms with Crippen molar-refractivity contribution in [1.82, 2.24) is 10.6 Å². The molecule has 8 nitrogen and oxygen atoms in total. The number of carbonyl (C=O) groups is 3. The topological polar surface area (TPSA) is 114 Å². The Balaban J connectivity index is 1.44. The minimum absolute atomic E-state index is 0.101. The largest absolute Gasteiger partial charge is 0.480 e. The van der Waals surface area contributed by atoms with Crippen LogP contribution in [-0.4, -0.2) is 54.5 Å². The Kier molecular flexibility index (Phi) is 5.64. The molecule has 1 atom stereocenters. The SMILES string of the molecule is COCC(C)(NC(=O)OCC1c2ccccc2-c2ccccc21)C(=O)NC1(C(=O)O)CC1. The first-order valence-corrected chi connectivity index (χ1v) is 10.5. The van der Waals surface area contributed by atoms with Crippen molar-refractivity contribution >= 4 is 18.0 Å². The number of alkyl carbamates (subject to hydrolysis) is 1. The summed E-state index contributed by atoms with van der Waals surface area (Å²) in [5.41, 5.74) is 1.64. The van der Waals surface area contributed by atoms with Gasteiger partial charge in [0.25, 0.3) is 0 Å². The Morgan fingerprint density at radius 2 is 1.62 bits per heavy atom. The van der Waals surface area contributed by atoms with Gasteiger partial charge in [0.05, 0.1) is 6.61 Å². The zero-order valence-electron chi connectivity index (χ0n) is 18.0. The van der Waals surface area contributed by atoms with Crippen LogP contribution in [0, 0.1) is 0 Å². The predicted molar refractivity (Wildman–Crippen MR) is 116 cm³/mol. The van der Waals surface area contributed by atoms with Gasteiger partial charge in [-0.2, -0.15) is 0 Å². The van der Waals surface area contributed by atoms with Gasteiger partial charge in [-0.15, -0.1) is 0 Å². The summed E-state index contributed by atoms with van der Waals surface area (Å²) >= 11 is 0. The van der Waals surface area contributed by atoms with E-state index in [1.165, 1.54) is 14.0 Å². The quantitative estimate of drug-likeness (QED) is 0.584. The Morgan fingerprint density at radius 3 is 2.12 bits per heavy atom. The number of hydrogen-bond donors (Lipinski definition) is 3. The summed E-state index contributed by atoms with van der Waals surface area (Å²) in [5, 5.41) is 14.4. The first kappa shape index (κ1) is 21.8. The van der Waals surface area contributed by atoms with E-state index in [0.717, 1.165) is 22.3 Å². The molecule has 0 aromatic heterocycles. The van der Waals surface area contributed by atoms with Crippen LogP contribution in [0.3, 0.4) is 0 Å². The van der Waals surface area contributed by atoms with E-state index in [-0.39, 0.29) is 19.1 Å². The number of fused-ring (bicyclic) bond motifs is 3. The summed E-state index contributed by atoms with van der Waals surface area (Å²) in [4.78, 5) is 36.9. The van der Waals surface area contributed by atoms with Crippen molar-refractivity contribution < 1.29 is 29.0 Å². The number of nitrogens with one attached hydrogen (secondary N) is 2. The first-order valence-electron chi connectivity index (χ1n) is 10.5. The molecule has 2 aromatic carbocycles. The summed E-state index contributed by atoms with van der Waals surface area (Å²) in [7, 11) is 1.40. The Morgan fingerprint density at radius 1 is 1.06 bits per heavy atom. The van der Waals surface area contributed by atoms with Crippen LogP contribution in [0.1, 0.15) is 36.8 Å². The maximum absolute atomic E-state index is 12.8. The number of benzene rings is 2. The van der Waals surface area contributed by atoms with Crippen molar-refractivity contribution in [1.29, 1.82) is 0 Å². The van der Waals surface area contributed by atoms with Crippen molar-refractivity contribution in [2.75, 3.05) is 20.3 Å². The highest BCUT2D eigenvalue weighted by molar-refractivity contribution is 5.95. The van der Waals surface area contributed by atoms with E-state index < -0.39 is 29.0 Å². The fraction of sp³-hybridized carbons (Fsp3) is 0.375. The number of rotatable bonds is 8. The zero-order valence-corrected chi connectivity index (χ0v) is 18.0. The lowest BCUT2D eigenvalue weighted by atomic mass is 9.98. The van der Waals surface area contributed by atoms with Crippen LogP contribution in [-0.2, 0) is 19.1 Å². The molecule has 168 valence electrons. The minimum atomic E-state index is -1.48. The molecule has 2 aliphatic carbocycles. The third kappa shape index (κ3) is 3.93. The second-order valence-corrected chi connectivity index (χ2v) is 8.56. The summed E-state index contributed by atoms with van der Waals surface area (Å²) in [6.07, 6.45) is -0.0776. The Labute approximate surface area is 185 Å². The number of methoxy groups -OCH3 is 1. The molecule has 1 unspecified atom stereocenters. The summed E-state index contributed by atoms with van der Waals surface area (Å²) in [6.45, 7) is 1.44. The van der Waals surface area contributed by atoms with Crippen LogP contribution in [0.4, 0.5) is 4.79 Å². The average molecular weight is 438 g/mol. The van der Waals surface area contributed by atoms with Crippen LogP contribution < -0.4 is 10.6 Å². The molecule has 0 heterocycles. The molecule has 0 saturated heterocycles. The molecule has 2 amide bonds. The van der Waals surface area contributed by atoms with E-state index in [1.54, 1.807) is 0 Å². The van der Waals surface area contributed by atoms with Crippen LogP contribution in [0.5, 0.6) is 0 Å². The lowest BCUT2D eigenvalue weighted by molar-refractivity contribution is -0.144. The van der Waals surface area contributed by atoms with Crippen LogP contribution in [0.25, 0.3) is 11.1 Å². The molecular formula is C24H26N2O6. The molecular weight excluding hydrogens is 412 g/mol. The van der Waals surface area contributed by atoms with Gasteiger partial charge in [-0.3, -0.25) is 4.79 Å². The van der Waals surface area contributed by atoms with Crippen LogP contribution in [0.2, 0.25) is 0 Å². The molecule has 1 saturated carbocycles. The fourth-order valence-corrected chi connectivity index (χ4v) is 4.18. The normalized spacial score (nSPS) is 17.4. The van der Waals surface area contributed by atoms with Gasteiger partial charge >= 0.3 is 12.1 Å². The number of hydrogen-bond acceptors (Lipinski definition) is 5. The number of aliphatic carboxylic acids is 1. The maximum atomic E-state index is 12.8. The highest BCUT2D eigenvalue weighted by atomic mass is 16.5. The van der Waals surface area contributed by atoms with Gasteiger partial charge in [0.2, 0.25) is 5.91 Å². The van der Waals surface area contributed by atoms with Crippen molar-refractivity contribution in [3.05, 3.63) is 59.7 Å². The molecule has 0 radical (unpaired) electrons.